The van der Waals surface area contributed by atoms with Gasteiger partial charge in [0.2, 0.25) is 5.91 Å². The number of hydrogen-bond acceptors (Lipinski definition) is 4. The molecule has 0 aromatic heterocycles. The summed E-state index contributed by atoms with van der Waals surface area (Å²) < 4.78 is 5.24. The van der Waals surface area contributed by atoms with Crippen LogP contribution in [0.1, 0.15) is 25.7 Å². The molecule has 1 aliphatic carbocycles. The lowest BCUT2D eigenvalue weighted by atomic mass is 9.79. The molecule has 2 unspecified atom stereocenters. The maximum Gasteiger partial charge on any atom is 0.307 e. The molecule has 3 N–H and O–H groups in total. The monoisotopic (exact) mass is 388 g/mol. The number of carboxylic acid groups (broad SMARTS) is 1. The summed E-state index contributed by atoms with van der Waals surface area (Å²) in [6, 6.07) is 4.57. The third kappa shape index (κ3) is 5.51. The molecule has 7 nitrogen and oxygen atoms in total. The van der Waals surface area contributed by atoms with Gasteiger partial charge in [-0.2, -0.15) is 0 Å². The van der Waals surface area contributed by atoms with Crippen LogP contribution in [0.15, 0.2) is 18.2 Å². The van der Waals surface area contributed by atoms with E-state index in [1.54, 1.807) is 6.07 Å². The minimum absolute atomic E-state index is 0.260. The molecule has 0 heterocycles. The van der Waals surface area contributed by atoms with Gasteiger partial charge in [0, 0.05) is 5.02 Å². The van der Waals surface area contributed by atoms with Crippen LogP contribution in [0.5, 0.6) is 5.75 Å². The predicted octanol–water partition coefficient (Wildman–Crippen LogP) is 2.41. The minimum atomic E-state index is -0.994. The SMILES string of the molecule is O=C(COc1ccc(Cl)cc1Cl)NNC(=O)C1CCCCC1C(=O)O. The molecule has 0 bridgehead atoms. The number of aliphatic carboxylic acids is 1. The summed E-state index contributed by atoms with van der Waals surface area (Å²) in [6.07, 6.45) is 2.51. The van der Waals surface area contributed by atoms with Crippen LogP contribution >= 0.6 is 23.2 Å². The molecule has 1 saturated carbocycles. The lowest BCUT2D eigenvalue weighted by Crippen LogP contribution is -2.49. The molecule has 0 aliphatic heterocycles. The average molecular weight is 389 g/mol. The molecule has 25 heavy (non-hydrogen) atoms. The normalized spacial score (nSPS) is 19.8. The van der Waals surface area contributed by atoms with Gasteiger partial charge in [0.15, 0.2) is 6.61 Å². The number of carbonyl (C=O) groups is 3. The first-order chi connectivity index (χ1) is 11.9. The fourth-order valence-corrected chi connectivity index (χ4v) is 3.20. The molecular weight excluding hydrogens is 371 g/mol. The van der Waals surface area contributed by atoms with Gasteiger partial charge in [-0.05, 0) is 31.0 Å². The predicted molar refractivity (Wildman–Crippen MR) is 91.3 cm³/mol. The van der Waals surface area contributed by atoms with Crippen molar-refractivity contribution in [3.63, 3.8) is 0 Å². The summed E-state index contributed by atoms with van der Waals surface area (Å²) in [5.74, 6) is -3.20. The fourth-order valence-electron chi connectivity index (χ4n) is 2.74. The molecule has 9 heteroatoms. The number of carboxylic acids is 1. The molecular formula is C16H18Cl2N2O5. The zero-order chi connectivity index (χ0) is 18.4. The molecule has 136 valence electrons. The Kier molecular flexibility index (Phi) is 6.90. The minimum Gasteiger partial charge on any atom is -0.482 e. The van der Waals surface area contributed by atoms with Crippen LogP contribution in [0.3, 0.4) is 0 Å². The van der Waals surface area contributed by atoms with Crippen molar-refractivity contribution in [3.8, 4) is 5.75 Å². The van der Waals surface area contributed by atoms with Crippen LogP contribution in [-0.2, 0) is 14.4 Å². The molecule has 0 radical (unpaired) electrons. The number of amides is 2. The van der Waals surface area contributed by atoms with Crippen molar-refractivity contribution in [2.24, 2.45) is 11.8 Å². The summed E-state index contributed by atoms with van der Waals surface area (Å²) in [5, 5.41) is 9.88. The highest BCUT2D eigenvalue weighted by Crippen LogP contribution is 2.30. The molecule has 0 saturated heterocycles. The van der Waals surface area contributed by atoms with E-state index in [1.807, 2.05) is 0 Å². The summed E-state index contributed by atoms with van der Waals surface area (Å²) in [4.78, 5) is 35.1. The second kappa shape index (κ2) is 8.92. The molecule has 1 fully saturated rings. The molecule has 2 atom stereocenters. The van der Waals surface area contributed by atoms with Crippen LogP contribution in [0, 0.1) is 11.8 Å². The van der Waals surface area contributed by atoms with Crippen molar-refractivity contribution < 1.29 is 24.2 Å². The van der Waals surface area contributed by atoms with Crippen molar-refractivity contribution in [3.05, 3.63) is 28.2 Å². The second-order valence-electron chi connectivity index (χ2n) is 5.74. The first kappa shape index (κ1) is 19.3. The summed E-state index contributed by atoms with van der Waals surface area (Å²) in [6.45, 7) is -0.366. The number of rotatable bonds is 5. The van der Waals surface area contributed by atoms with Crippen molar-refractivity contribution in [1.82, 2.24) is 10.9 Å². The smallest absolute Gasteiger partial charge is 0.307 e. The standard InChI is InChI=1S/C16H18Cl2N2O5/c17-9-5-6-13(12(18)7-9)25-8-14(21)19-20-15(22)10-3-1-2-4-11(10)16(23)24/h5-7,10-11H,1-4,8H2,(H,19,21)(H,20,22)(H,23,24). The summed E-state index contributed by atoms with van der Waals surface area (Å²) >= 11 is 11.7. The number of carbonyl (C=O) groups excluding carboxylic acids is 2. The number of ether oxygens (including phenoxy) is 1. The summed E-state index contributed by atoms with van der Waals surface area (Å²) in [7, 11) is 0. The maximum absolute atomic E-state index is 12.1. The van der Waals surface area contributed by atoms with Crippen molar-refractivity contribution >= 4 is 41.0 Å². The maximum atomic E-state index is 12.1. The van der Waals surface area contributed by atoms with Crippen molar-refractivity contribution in [1.29, 1.82) is 0 Å². The zero-order valence-corrected chi connectivity index (χ0v) is 14.8. The number of hydrazine groups is 1. The number of halogens is 2. The van der Waals surface area contributed by atoms with Crippen LogP contribution in [0.4, 0.5) is 0 Å². The van der Waals surface area contributed by atoms with E-state index in [-0.39, 0.29) is 17.4 Å². The van der Waals surface area contributed by atoms with Crippen LogP contribution in [0.2, 0.25) is 10.0 Å². The molecule has 1 aliphatic rings. The van der Waals surface area contributed by atoms with Gasteiger partial charge in [0.25, 0.3) is 5.91 Å². The van der Waals surface area contributed by atoms with Gasteiger partial charge in [-0.25, -0.2) is 0 Å². The van der Waals surface area contributed by atoms with Crippen molar-refractivity contribution in [2.75, 3.05) is 6.61 Å². The Morgan fingerprint density at radius 1 is 1.12 bits per heavy atom. The third-order valence-electron chi connectivity index (χ3n) is 4.00. The molecule has 0 spiro atoms. The van der Waals surface area contributed by atoms with E-state index in [2.05, 4.69) is 10.9 Å². The van der Waals surface area contributed by atoms with E-state index in [9.17, 15) is 19.5 Å². The Labute approximate surface area is 154 Å². The van der Waals surface area contributed by atoms with E-state index in [0.717, 1.165) is 12.8 Å². The Morgan fingerprint density at radius 3 is 2.44 bits per heavy atom. The fraction of sp³-hybridized carbons (Fsp3) is 0.438. The topological polar surface area (TPSA) is 105 Å². The van der Waals surface area contributed by atoms with E-state index in [0.29, 0.717) is 17.9 Å². The molecule has 1 aromatic carbocycles. The Hall–Kier alpha value is -1.99. The Bertz CT molecular complexity index is 668. The largest absolute Gasteiger partial charge is 0.482 e. The number of benzene rings is 1. The molecule has 1 aromatic rings. The van der Waals surface area contributed by atoms with E-state index in [4.69, 9.17) is 27.9 Å². The summed E-state index contributed by atoms with van der Waals surface area (Å²) in [5.41, 5.74) is 4.48. The van der Waals surface area contributed by atoms with E-state index in [1.165, 1.54) is 12.1 Å². The van der Waals surface area contributed by atoms with Gasteiger partial charge < -0.3 is 9.84 Å². The first-order valence-corrected chi connectivity index (χ1v) is 8.53. The first-order valence-electron chi connectivity index (χ1n) is 7.78. The highest BCUT2D eigenvalue weighted by molar-refractivity contribution is 6.35. The van der Waals surface area contributed by atoms with E-state index >= 15 is 0 Å². The Morgan fingerprint density at radius 2 is 1.80 bits per heavy atom. The lowest BCUT2D eigenvalue weighted by molar-refractivity contribution is -0.149. The van der Waals surface area contributed by atoms with Gasteiger partial charge in [-0.1, -0.05) is 36.0 Å². The van der Waals surface area contributed by atoms with Gasteiger partial charge in [0.1, 0.15) is 5.75 Å². The van der Waals surface area contributed by atoms with E-state index < -0.39 is 29.6 Å². The van der Waals surface area contributed by atoms with Gasteiger partial charge >= 0.3 is 5.97 Å². The number of hydrogen-bond donors (Lipinski definition) is 3. The average Bonchev–Trinajstić information content (AvgIpc) is 2.58. The molecule has 2 rings (SSSR count). The number of nitrogens with one attached hydrogen (secondary N) is 2. The highest BCUT2D eigenvalue weighted by atomic mass is 35.5. The van der Waals surface area contributed by atoms with Gasteiger partial charge in [-0.3, -0.25) is 25.2 Å². The van der Waals surface area contributed by atoms with Gasteiger partial charge in [0.05, 0.1) is 16.9 Å². The third-order valence-corrected chi connectivity index (χ3v) is 4.53. The second-order valence-corrected chi connectivity index (χ2v) is 6.58. The van der Waals surface area contributed by atoms with Gasteiger partial charge in [-0.15, -0.1) is 0 Å². The van der Waals surface area contributed by atoms with Crippen LogP contribution in [-0.4, -0.2) is 29.5 Å². The lowest BCUT2D eigenvalue weighted by Gasteiger charge is -2.27. The van der Waals surface area contributed by atoms with Crippen LogP contribution < -0.4 is 15.6 Å². The Balaban J connectivity index is 1.80. The quantitative estimate of drug-likeness (QED) is 0.671. The molecule has 2 amide bonds. The van der Waals surface area contributed by atoms with Crippen molar-refractivity contribution in [2.45, 2.75) is 25.7 Å². The van der Waals surface area contributed by atoms with Crippen LogP contribution in [0.25, 0.3) is 0 Å². The highest BCUT2D eigenvalue weighted by Gasteiger charge is 2.35. The zero-order valence-electron chi connectivity index (χ0n) is 13.3.